The van der Waals surface area contributed by atoms with Gasteiger partial charge in [0.1, 0.15) is 5.76 Å². The maximum absolute atomic E-state index is 5.37. The Labute approximate surface area is 144 Å². The van der Waals surface area contributed by atoms with E-state index in [2.05, 4.69) is 27.2 Å². The van der Waals surface area contributed by atoms with Crippen molar-refractivity contribution < 1.29 is 4.52 Å². The van der Waals surface area contributed by atoms with Crippen LogP contribution in [-0.2, 0) is 6.54 Å². The van der Waals surface area contributed by atoms with E-state index in [-0.39, 0.29) is 0 Å². The van der Waals surface area contributed by atoms with Gasteiger partial charge in [0.05, 0.1) is 5.69 Å². The Morgan fingerprint density at radius 1 is 1.12 bits per heavy atom. The van der Waals surface area contributed by atoms with E-state index in [9.17, 15) is 0 Å². The molecule has 1 N–H and O–H groups in total. The van der Waals surface area contributed by atoms with Crippen LogP contribution in [0.1, 0.15) is 29.9 Å². The Hall–Kier alpha value is -0.910. The predicted octanol–water partition coefficient (Wildman–Crippen LogP) is 1.65. The first kappa shape index (κ1) is 15.4. The molecule has 1 saturated carbocycles. The van der Waals surface area contributed by atoms with E-state index in [1.54, 1.807) is 0 Å². The molecule has 5 heterocycles. The van der Waals surface area contributed by atoms with Gasteiger partial charge in [-0.25, -0.2) is 0 Å². The molecule has 5 fully saturated rings. The highest BCUT2D eigenvalue weighted by Gasteiger charge is 2.53. The van der Waals surface area contributed by atoms with Crippen LogP contribution in [0.3, 0.4) is 0 Å². The quantitative estimate of drug-likeness (QED) is 0.909. The summed E-state index contributed by atoms with van der Waals surface area (Å²) in [4.78, 5) is 5.52. The smallest absolute Gasteiger partial charge is 0.138 e. The van der Waals surface area contributed by atoms with Crippen LogP contribution in [0.4, 0.5) is 0 Å². The summed E-state index contributed by atoms with van der Waals surface area (Å²) in [5, 5.41) is 7.67. The molecule has 5 aliphatic rings. The van der Waals surface area contributed by atoms with Crippen molar-refractivity contribution in [2.24, 2.45) is 23.7 Å². The lowest BCUT2D eigenvalue weighted by molar-refractivity contribution is 0.120. The van der Waals surface area contributed by atoms with Gasteiger partial charge in [-0.2, -0.15) is 0 Å². The molecule has 4 aliphatic heterocycles. The summed E-state index contributed by atoms with van der Waals surface area (Å²) < 4.78 is 5.37. The van der Waals surface area contributed by atoms with Crippen LogP contribution in [0.2, 0.25) is 0 Å². The van der Waals surface area contributed by atoms with Gasteiger partial charge >= 0.3 is 0 Å². The average molecular weight is 330 g/mol. The fourth-order valence-electron chi connectivity index (χ4n) is 5.67. The van der Waals surface area contributed by atoms with Crippen molar-refractivity contribution in [2.45, 2.75) is 39.3 Å². The van der Waals surface area contributed by atoms with Gasteiger partial charge in [-0.1, -0.05) is 5.16 Å². The van der Waals surface area contributed by atoms with Gasteiger partial charge in [0.25, 0.3) is 0 Å². The number of nitrogens with one attached hydrogen (secondary N) is 1. The van der Waals surface area contributed by atoms with Gasteiger partial charge in [0.2, 0.25) is 0 Å². The number of hydrogen-bond acceptors (Lipinski definition) is 5. The van der Waals surface area contributed by atoms with Crippen molar-refractivity contribution in [3.63, 3.8) is 0 Å². The number of aromatic nitrogens is 1. The first-order valence-corrected chi connectivity index (χ1v) is 9.78. The summed E-state index contributed by atoms with van der Waals surface area (Å²) in [5.74, 6) is 4.82. The highest BCUT2D eigenvalue weighted by Crippen LogP contribution is 2.49. The molecule has 2 bridgehead atoms. The van der Waals surface area contributed by atoms with Crippen molar-refractivity contribution in [2.75, 3.05) is 39.3 Å². The Morgan fingerprint density at radius 2 is 1.96 bits per heavy atom. The van der Waals surface area contributed by atoms with E-state index < -0.39 is 0 Å². The highest BCUT2D eigenvalue weighted by atomic mass is 16.5. The number of nitrogens with zero attached hydrogens (tertiary/aromatic N) is 3. The van der Waals surface area contributed by atoms with E-state index in [0.717, 1.165) is 47.7 Å². The molecule has 0 aromatic carbocycles. The molecule has 5 nitrogen and oxygen atoms in total. The molecule has 1 aromatic heterocycles. The lowest BCUT2D eigenvalue weighted by Gasteiger charge is -2.36. The van der Waals surface area contributed by atoms with Crippen LogP contribution < -0.4 is 5.32 Å². The second-order valence-corrected chi connectivity index (χ2v) is 8.70. The monoisotopic (exact) mass is 330 g/mol. The van der Waals surface area contributed by atoms with Gasteiger partial charge in [0.15, 0.2) is 0 Å². The van der Waals surface area contributed by atoms with Crippen molar-refractivity contribution >= 4 is 0 Å². The first-order valence-electron chi connectivity index (χ1n) is 9.78. The van der Waals surface area contributed by atoms with Crippen LogP contribution in [0, 0.1) is 37.5 Å². The second-order valence-electron chi connectivity index (χ2n) is 8.70. The molecule has 4 atom stereocenters. The number of hydrogen-bond donors (Lipinski definition) is 1. The largest absolute Gasteiger partial charge is 0.361 e. The predicted molar refractivity (Wildman–Crippen MR) is 92.7 cm³/mol. The van der Waals surface area contributed by atoms with Gasteiger partial charge < -0.3 is 9.84 Å². The molecule has 6 rings (SSSR count). The van der Waals surface area contributed by atoms with E-state index in [4.69, 9.17) is 4.52 Å². The molecule has 0 spiro atoms. The Balaban J connectivity index is 1.25. The second kappa shape index (κ2) is 5.82. The maximum atomic E-state index is 5.37. The van der Waals surface area contributed by atoms with Crippen LogP contribution >= 0.6 is 0 Å². The standard InChI is InChI=1S/C19H30N4O/c1-12-18(13(2)24-21-12)10-22-7-14-3-4-15(9-22)23(8-14)11-19-16-5-20-6-17(16)19/h14-17,19-20H,3-11H2,1-2H3. The fourth-order valence-corrected chi connectivity index (χ4v) is 5.67. The summed E-state index contributed by atoms with van der Waals surface area (Å²) >= 11 is 0. The third-order valence-corrected chi connectivity index (χ3v) is 7.18. The summed E-state index contributed by atoms with van der Waals surface area (Å²) in [7, 11) is 0. The van der Waals surface area contributed by atoms with Crippen molar-refractivity contribution in [1.29, 1.82) is 0 Å². The van der Waals surface area contributed by atoms with E-state index >= 15 is 0 Å². The molecular formula is C19H30N4O. The van der Waals surface area contributed by atoms with Gasteiger partial charge in [0, 0.05) is 44.3 Å². The van der Waals surface area contributed by atoms with Gasteiger partial charge in [-0.3, -0.25) is 9.80 Å². The molecule has 4 saturated heterocycles. The maximum Gasteiger partial charge on any atom is 0.138 e. The molecule has 5 heteroatoms. The highest BCUT2D eigenvalue weighted by molar-refractivity contribution is 5.20. The number of fused-ring (bicyclic) bond motifs is 5. The number of rotatable bonds is 4. The summed E-state index contributed by atoms with van der Waals surface area (Å²) in [6.07, 6.45) is 2.81. The van der Waals surface area contributed by atoms with Gasteiger partial charge in [-0.15, -0.1) is 0 Å². The molecule has 1 aromatic rings. The molecule has 0 radical (unpaired) electrons. The Morgan fingerprint density at radius 3 is 2.71 bits per heavy atom. The molecule has 4 unspecified atom stereocenters. The zero-order valence-electron chi connectivity index (χ0n) is 15.0. The Kier molecular flexibility index (Phi) is 3.72. The fraction of sp³-hybridized carbons (Fsp3) is 0.842. The normalized spacial score (nSPS) is 39.2. The molecular weight excluding hydrogens is 300 g/mol. The van der Waals surface area contributed by atoms with Crippen LogP contribution in [-0.4, -0.2) is 60.3 Å². The van der Waals surface area contributed by atoms with Crippen LogP contribution in [0.15, 0.2) is 4.52 Å². The van der Waals surface area contributed by atoms with Crippen LogP contribution in [0.25, 0.3) is 0 Å². The van der Waals surface area contributed by atoms with Crippen molar-refractivity contribution in [3.8, 4) is 0 Å². The van der Waals surface area contributed by atoms with E-state index in [0.29, 0.717) is 0 Å². The van der Waals surface area contributed by atoms with Crippen LogP contribution in [0.5, 0.6) is 0 Å². The first-order chi connectivity index (χ1) is 11.7. The lowest BCUT2D eigenvalue weighted by Crippen LogP contribution is -2.45. The summed E-state index contributed by atoms with van der Waals surface area (Å²) in [6, 6.07) is 0.763. The summed E-state index contributed by atoms with van der Waals surface area (Å²) in [5.41, 5.74) is 2.38. The molecule has 0 amide bonds. The SMILES string of the molecule is Cc1noc(C)c1CN1CC2CCC(C1)N(CC1C3CNCC31)C2. The molecule has 132 valence electrons. The zero-order valence-corrected chi connectivity index (χ0v) is 15.0. The number of piperidine rings is 2. The molecule has 24 heavy (non-hydrogen) atoms. The zero-order chi connectivity index (χ0) is 16.3. The third-order valence-electron chi connectivity index (χ3n) is 7.18. The van der Waals surface area contributed by atoms with E-state index in [1.807, 2.05) is 6.92 Å². The topological polar surface area (TPSA) is 44.5 Å². The van der Waals surface area contributed by atoms with Crippen molar-refractivity contribution in [1.82, 2.24) is 20.3 Å². The summed E-state index contributed by atoms with van der Waals surface area (Å²) in [6.45, 7) is 12.8. The number of aryl methyl sites for hydroxylation is 2. The van der Waals surface area contributed by atoms with Gasteiger partial charge in [-0.05, 0) is 63.5 Å². The third kappa shape index (κ3) is 2.61. The lowest BCUT2D eigenvalue weighted by atomic mass is 9.94. The minimum Gasteiger partial charge on any atom is -0.361 e. The van der Waals surface area contributed by atoms with Crippen molar-refractivity contribution in [3.05, 3.63) is 17.0 Å². The minimum atomic E-state index is 0.763. The molecule has 1 aliphatic carbocycles. The average Bonchev–Trinajstić information content (AvgIpc) is 2.95. The minimum absolute atomic E-state index is 0.763. The van der Waals surface area contributed by atoms with E-state index in [1.165, 1.54) is 57.7 Å². The Bertz CT molecular complexity index is 585.